The Kier molecular flexibility index (Phi) is 4.84. The summed E-state index contributed by atoms with van der Waals surface area (Å²) in [5, 5.41) is 13.0. The van der Waals surface area contributed by atoms with Gasteiger partial charge in [0.05, 0.1) is 32.9 Å². The van der Waals surface area contributed by atoms with Crippen molar-refractivity contribution in [3.8, 4) is 11.5 Å². The van der Waals surface area contributed by atoms with E-state index in [1.54, 1.807) is 18.1 Å². The lowest BCUT2D eigenvalue weighted by molar-refractivity contribution is -0.138. The third kappa shape index (κ3) is 3.27. The van der Waals surface area contributed by atoms with Gasteiger partial charge >= 0.3 is 5.97 Å². The van der Waals surface area contributed by atoms with Gasteiger partial charge < -0.3 is 19.5 Å². The van der Waals surface area contributed by atoms with Crippen LogP contribution in [0.5, 0.6) is 11.5 Å². The first kappa shape index (κ1) is 17.2. The van der Waals surface area contributed by atoms with Crippen LogP contribution in [0.1, 0.15) is 33.3 Å². The zero-order valence-electron chi connectivity index (χ0n) is 13.8. The van der Waals surface area contributed by atoms with E-state index in [2.05, 4.69) is 9.59 Å². The zero-order chi connectivity index (χ0) is 18.0. The van der Waals surface area contributed by atoms with E-state index in [1.807, 2.05) is 6.07 Å². The summed E-state index contributed by atoms with van der Waals surface area (Å²) in [7, 11) is 3.07. The minimum absolute atomic E-state index is 0.194. The standard InChI is InChI=1S/C16H17N3O5S/c1-23-12-5-9-3-4-19(16(22)14-8-17-18-25-14)11(7-15(20)21)10(9)6-13(12)24-2/h5-6,8,11H,3-4,7H2,1-2H3,(H,20,21). The Labute approximate surface area is 148 Å². The Hall–Kier alpha value is -2.68. The van der Waals surface area contributed by atoms with Crippen molar-refractivity contribution in [2.75, 3.05) is 20.8 Å². The number of carbonyl (C=O) groups excluding carboxylic acids is 1. The summed E-state index contributed by atoms with van der Waals surface area (Å²) in [5.74, 6) is -0.151. The zero-order valence-corrected chi connectivity index (χ0v) is 14.6. The molecule has 9 heteroatoms. The van der Waals surface area contributed by atoms with Gasteiger partial charge in [-0.1, -0.05) is 4.49 Å². The first-order valence-electron chi connectivity index (χ1n) is 7.60. The molecule has 0 fully saturated rings. The Morgan fingerprint density at radius 3 is 2.64 bits per heavy atom. The lowest BCUT2D eigenvalue weighted by Gasteiger charge is -2.36. The highest BCUT2D eigenvalue weighted by molar-refractivity contribution is 7.07. The van der Waals surface area contributed by atoms with Crippen molar-refractivity contribution in [1.29, 1.82) is 0 Å². The summed E-state index contributed by atoms with van der Waals surface area (Å²) >= 11 is 0.996. The fraction of sp³-hybridized carbons (Fsp3) is 0.375. The van der Waals surface area contributed by atoms with Crippen LogP contribution in [0.3, 0.4) is 0 Å². The molecule has 8 nitrogen and oxygen atoms in total. The Balaban J connectivity index is 2.04. The number of carboxylic acids is 1. The Morgan fingerprint density at radius 1 is 1.32 bits per heavy atom. The number of nitrogens with zero attached hydrogens (tertiary/aromatic N) is 3. The Bertz CT molecular complexity index is 793. The molecule has 0 aliphatic carbocycles. The van der Waals surface area contributed by atoms with Crippen LogP contribution in [0.4, 0.5) is 0 Å². The van der Waals surface area contributed by atoms with Crippen molar-refractivity contribution in [3.63, 3.8) is 0 Å². The van der Waals surface area contributed by atoms with Gasteiger partial charge in [-0.15, -0.1) is 5.10 Å². The number of amides is 1. The van der Waals surface area contributed by atoms with E-state index in [-0.39, 0.29) is 12.3 Å². The second-order valence-corrected chi connectivity index (χ2v) is 6.34. The Morgan fingerprint density at radius 2 is 2.04 bits per heavy atom. The lowest BCUT2D eigenvalue weighted by Crippen LogP contribution is -2.40. The number of fused-ring (bicyclic) bond motifs is 1. The minimum atomic E-state index is -0.979. The number of aliphatic carboxylic acids is 1. The number of hydrogen-bond acceptors (Lipinski definition) is 7. The molecular weight excluding hydrogens is 346 g/mol. The maximum absolute atomic E-state index is 12.7. The van der Waals surface area contributed by atoms with Crippen LogP contribution >= 0.6 is 11.5 Å². The topological polar surface area (TPSA) is 102 Å². The number of ether oxygens (including phenoxy) is 2. The van der Waals surface area contributed by atoms with Gasteiger partial charge in [-0.2, -0.15) is 0 Å². The van der Waals surface area contributed by atoms with Crippen molar-refractivity contribution < 1.29 is 24.2 Å². The average molecular weight is 363 g/mol. The summed E-state index contributed by atoms with van der Waals surface area (Å²) < 4.78 is 14.4. The third-order valence-electron chi connectivity index (χ3n) is 4.20. The van der Waals surface area contributed by atoms with Crippen LogP contribution in [-0.4, -0.2) is 52.2 Å². The first-order valence-corrected chi connectivity index (χ1v) is 8.37. The molecule has 3 rings (SSSR count). The maximum Gasteiger partial charge on any atom is 0.305 e. The van der Waals surface area contributed by atoms with Crippen LogP contribution in [0.2, 0.25) is 0 Å². The van der Waals surface area contributed by atoms with Gasteiger partial charge in [-0.25, -0.2) is 0 Å². The second kappa shape index (κ2) is 7.06. The first-order chi connectivity index (χ1) is 12.0. The van der Waals surface area contributed by atoms with Crippen molar-refractivity contribution in [3.05, 3.63) is 34.3 Å². The highest BCUT2D eigenvalue weighted by Crippen LogP contribution is 2.40. The smallest absolute Gasteiger partial charge is 0.305 e. The summed E-state index contributed by atoms with van der Waals surface area (Å²) in [6, 6.07) is 3.02. The van der Waals surface area contributed by atoms with E-state index in [9.17, 15) is 14.7 Å². The molecule has 0 radical (unpaired) electrons. The molecule has 0 saturated carbocycles. The number of benzene rings is 1. The van der Waals surface area contributed by atoms with Crippen LogP contribution in [0.15, 0.2) is 18.3 Å². The van der Waals surface area contributed by atoms with Crippen molar-refractivity contribution in [1.82, 2.24) is 14.5 Å². The summed E-state index contributed by atoms with van der Waals surface area (Å²) in [4.78, 5) is 26.1. The molecular formula is C16H17N3O5S. The van der Waals surface area contributed by atoms with Gasteiger partial charge in [0, 0.05) is 6.54 Å². The molecule has 1 N–H and O–H groups in total. The summed E-state index contributed by atoms with van der Waals surface area (Å²) in [6.45, 7) is 0.414. The molecule has 1 amide bonds. The molecule has 1 aromatic carbocycles. The quantitative estimate of drug-likeness (QED) is 0.864. The van der Waals surface area contributed by atoms with E-state index in [1.165, 1.54) is 13.3 Å². The van der Waals surface area contributed by atoms with Gasteiger partial charge in [-0.05, 0) is 41.2 Å². The van der Waals surface area contributed by atoms with E-state index in [0.717, 1.165) is 22.7 Å². The fourth-order valence-electron chi connectivity index (χ4n) is 3.06. The minimum Gasteiger partial charge on any atom is -0.493 e. The molecule has 1 aliphatic rings. The lowest BCUT2D eigenvalue weighted by atomic mass is 9.90. The molecule has 1 aromatic heterocycles. The number of rotatable bonds is 5. The van der Waals surface area contributed by atoms with Gasteiger partial charge in [-0.3, -0.25) is 9.59 Å². The van der Waals surface area contributed by atoms with Crippen LogP contribution in [0.25, 0.3) is 0 Å². The highest BCUT2D eigenvalue weighted by Gasteiger charge is 2.34. The predicted octanol–water partition coefficient (Wildman–Crippen LogP) is 1.77. The van der Waals surface area contributed by atoms with Gasteiger partial charge in [0.1, 0.15) is 4.88 Å². The normalized spacial score (nSPS) is 16.2. The van der Waals surface area contributed by atoms with Crippen LogP contribution < -0.4 is 9.47 Å². The molecule has 0 spiro atoms. The van der Waals surface area contributed by atoms with E-state index < -0.39 is 12.0 Å². The fourth-order valence-corrected chi connectivity index (χ4v) is 3.53. The SMILES string of the molecule is COc1cc2c(cc1OC)C(CC(=O)O)N(C(=O)c1cnns1)CC2. The molecule has 0 bridgehead atoms. The number of carbonyl (C=O) groups is 2. The summed E-state index contributed by atoms with van der Waals surface area (Å²) in [6.07, 6.45) is 1.80. The number of methoxy groups -OCH3 is 2. The van der Waals surface area contributed by atoms with Gasteiger partial charge in [0.2, 0.25) is 0 Å². The molecule has 0 saturated heterocycles. The largest absolute Gasteiger partial charge is 0.493 e. The van der Waals surface area contributed by atoms with Crippen LogP contribution in [0, 0.1) is 0 Å². The molecule has 2 aromatic rings. The molecule has 1 unspecified atom stereocenters. The van der Waals surface area contributed by atoms with Crippen molar-refractivity contribution in [2.24, 2.45) is 0 Å². The molecule has 1 atom stereocenters. The average Bonchev–Trinajstić information content (AvgIpc) is 3.14. The highest BCUT2D eigenvalue weighted by atomic mass is 32.1. The van der Waals surface area contributed by atoms with Gasteiger partial charge in [0.25, 0.3) is 5.91 Å². The van der Waals surface area contributed by atoms with Gasteiger partial charge in [0.15, 0.2) is 11.5 Å². The van der Waals surface area contributed by atoms with E-state index in [4.69, 9.17) is 9.47 Å². The number of aromatic nitrogens is 2. The summed E-state index contributed by atoms with van der Waals surface area (Å²) in [5.41, 5.74) is 1.72. The van der Waals surface area contributed by atoms with Crippen LogP contribution in [-0.2, 0) is 11.2 Å². The van der Waals surface area contributed by atoms with Crippen molar-refractivity contribution in [2.45, 2.75) is 18.9 Å². The molecule has 132 valence electrons. The molecule has 1 aliphatic heterocycles. The number of carboxylic acid groups (broad SMARTS) is 1. The van der Waals surface area contributed by atoms with E-state index >= 15 is 0 Å². The maximum atomic E-state index is 12.7. The third-order valence-corrected chi connectivity index (χ3v) is 4.86. The van der Waals surface area contributed by atoms with E-state index in [0.29, 0.717) is 29.3 Å². The van der Waals surface area contributed by atoms with Crippen molar-refractivity contribution >= 4 is 23.4 Å². The predicted molar refractivity (Wildman–Crippen MR) is 89.2 cm³/mol. The second-order valence-electron chi connectivity index (χ2n) is 5.55. The number of hydrogen-bond donors (Lipinski definition) is 1. The molecule has 25 heavy (non-hydrogen) atoms. The monoisotopic (exact) mass is 363 g/mol. The molecule has 2 heterocycles.